The minimum atomic E-state index is -1.05. The normalized spacial score (nSPS) is 28.1. The van der Waals surface area contributed by atoms with Crippen LogP contribution in [0.4, 0.5) is 0 Å². The summed E-state index contributed by atoms with van der Waals surface area (Å²) in [5, 5.41) is 11.5. The minimum Gasteiger partial charge on any atom is -0.480 e. The Morgan fingerprint density at radius 3 is 2.50 bits per heavy atom. The third-order valence-electron chi connectivity index (χ3n) is 4.11. The summed E-state index contributed by atoms with van der Waals surface area (Å²) in [4.78, 5) is 22.1. The topological polar surface area (TPSA) is 75.6 Å². The second-order valence-electron chi connectivity index (χ2n) is 6.29. The Bertz CT molecular complexity index is 343. The number of carbonyl (C=O) groups excluding carboxylic acids is 1. The zero-order valence-electron chi connectivity index (χ0n) is 12.9. The van der Waals surface area contributed by atoms with Gasteiger partial charge in [-0.15, -0.1) is 0 Å². The largest absolute Gasteiger partial charge is 0.480 e. The summed E-state index contributed by atoms with van der Waals surface area (Å²) < 4.78 is 5.86. The molecule has 1 aliphatic rings. The SMILES string of the molecule is CC(=O)NC(COC1CC(C)CCC1C(C)C)C(=O)O. The van der Waals surface area contributed by atoms with E-state index in [2.05, 4.69) is 26.1 Å². The molecule has 20 heavy (non-hydrogen) atoms. The van der Waals surface area contributed by atoms with Crippen LogP contribution in [0.5, 0.6) is 0 Å². The predicted octanol–water partition coefficient (Wildman–Crippen LogP) is 2.05. The maximum absolute atomic E-state index is 11.1. The van der Waals surface area contributed by atoms with Crippen LogP contribution < -0.4 is 5.32 Å². The van der Waals surface area contributed by atoms with Crippen LogP contribution in [0.1, 0.15) is 47.0 Å². The van der Waals surface area contributed by atoms with Gasteiger partial charge in [0.05, 0.1) is 12.7 Å². The molecule has 1 amide bonds. The molecule has 5 heteroatoms. The van der Waals surface area contributed by atoms with Gasteiger partial charge in [-0.25, -0.2) is 4.79 Å². The second-order valence-corrected chi connectivity index (χ2v) is 6.29. The molecule has 0 radical (unpaired) electrons. The Labute approximate surface area is 121 Å². The molecule has 0 saturated heterocycles. The summed E-state index contributed by atoms with van der Waals surface area (Å²) in [6, 6.07) is -0.961. The standard InChI is InChI=1S/C15H27NO4/c1-9(2)12-6-5-10(3)7-14(12)20-8-13(15(18)19)16-11(4)17/h9-10,12-14H,5-8H2,1-4H3,(H,16,17)(H,18,19). The van der Waals surface area contributed by atoms with Crippen molar-refractivity contribution in [3.05, 3.63) is 0 Å². The van der Waals surface area contributed by atoms with E-state index >= 15 is 0 Å². The average Bonchev–Trinajstić information content (AvgIpc) is 2.33. The molecule has 4 atom stereocenters. The van der Waals surface area contributed by atoms with Crippen molar-refractivity contribution >= 4 is 11.9 Å². The molecule has 2 N–H and O–H groups in total. The molecule has 0 spiro atoms. The summed E-state index contributed by atoms with van der Waals surface area (Å²) in [6.45, 7) is 7.92. The number of carboxylic acid groups (broad SMARTS) is 1. The lowest BCUT2D eigenvalue weighted by Crippen LogP contribution is -2.45. The van der Waals surface area contributed by atoms with Gasteiger partial charge in [-0.3, -0.25) is 4.79 Å². The highest BCUT2D eigenvalue weighted by Gasteiger charge is 2.32. The van der Waals surface area contributed by atoms with Crippen LogP contribution in [0.15, 0.2) is 0 Å². The fraction of sp³-hybridized carbons (Fsp3) is 0.867. The van der Waals surface area contributed by atoms with Crippen molar-refractivity contribution in [1.82, 2.24) is 5.32 Å². The number of carboxylic acids is 1. The third kappa shape index (κ3) is 5.12. The Kier molecular flexibility index (Phi) is 6.46. The lowest BCUT2D eigenvalue weighted by atomic mass is 9.75. The van der Waals surface area contributed by atoms with Gasteiger partial charge in [0.1, 0.15) is 0 Å². The van der Waals surface area contributed by atoms with E-state index in [0.717, 1.165) is 12.8 Å². The molecular weight excluding hydrogens is 258 g/mol. The van der Waals surface area contributed by atoms with Gasteiger partial charge >= 0.3 is 5.97 Å². The van der Waals surface area contributed by atoms with Gasteiger partial charge in [-0.1, -0.05) is 27.2 Å². The number of rotatable bonds is 6. The van der Waals surface area contributed by atoms with Crippen LogP contribution in [0.3, 0.4) is 0 Å². The van der Waals surface area contributed by atoms with Gasteiger partial charge in [0.15, 0.2) is 6.04 Å². The summed E-state index contributed by atoms with van der Waals surface area (Å²) in [7, 11) is 0. The van der Waals surface area contributed by atoms with Crippen LogP contribution in [-0.2, 0) is 14.3 Å². The second kappa shape index (κ2) is 7.62. The molecule has 5 nitrogen and oxygen atoms in total. The minimum absolute atomic E-state index is 0.0372. The Hall–Kier alpha value is -1.10. The van der Waals surface area contributed by atoms with Crippen molar-refractivity contribution in [2.75, 3.05) is 6.61 Å². The van der Waals surface area contributed by atoms with Crippen molar-refractivity contribution < 1.29 is 19.4 Å². The van der Waals surface area contributed by atoms with Crippen molar-refractivity contribution in [2.24, 2.45) is 17.8 Å². The fourth-order valence-corrected chi connectivity index (χ4v) is 2.95. The van der Waals surface area contributed by atoms with Crippen LogP contribution in [-0.4, -0.2) is 35.7 Å². The van der Waals surface area contributed by atoms with Crippen molar-refractivity contribution in [3.63, 3.8) is 0 Å². The molecule has 0 aliphatic heterocycles. The molecule has 1 saturated carbocycles. The molecule has 1 aliphatic carbocycles. The smallest absolute Gasteiger partial charge is 0.328 e. The van der Waals surface area contributed by atoms with E-state index in [4.69, 9.17) is 9.84 Å². The van der Waals surface area contributed by atoms with Gasteiger partial charge in [0.25, 0.3) is 0 Å². The Balaban J connectivity index is 2.58. The summed E-state index contributed by atoms with van der Waals surface area (Å²) in [5.41, 5.74) is 0. The summed E-state index contributed by atoms with van der Waals surface area (Å²) in [5.74, 6) is 0.206. The lowest BCUT2D eigenvalue weighted by Gasteiger charge is -2.37. The first kappa shape index (κ1) is 17.0. The molecule has 116 valence electrons. The number of nitrogens with one attached hydrogen (secondary N) is 1. The van der Waals surface area contributed by atoms with E-state index in [1.807, 2.05) is 0 Å². The highest BCUT2D eigenvalue weighted by atomic mass is 16.5. The van der Waals surface area contributed by atoms with E-state index in [-0.39, 0.29) is 18.6 Å². The average molecular weight is 285 g/mol. The lowest BCUT2D eigenvalue weighted by molar-refractivity contribution is -0.145. The van der Waals surface area contributed by atoms with E-state index in [1.165, 1.54) is 13.3 Å². The molecule has 4 unspecified atom stereocenters. The van der Waals surface area contributed by atoms with Crippen LogP contribution >= 0.6 is 0 Å². The number of ether oxygens (including phenoxy) is 1. The Morgan fingerprint density at radius 1 is 1.35 bits per heavy atom. The molecule has 1 fully saturated rings. The van der Waals surface area contributed by atoms with Gasteiger partial charge in [-0.05, 0) is 30.6 Å². The number of hydrogen-bond acceptors (Lipinski definition) is 3. The van der Waals surface area contributed by atoms with Crippen LogP contribution in [0, 0.1) is 17.8 Å². The predicted molar refractivity (Wildman–Crippen MR) is 76.3 cm³/mol. The maximum Gasteiger partial charge on any atom is 0.328 e. The zero-order valence-corrected chi connectivity index (χ0v) is 12.9. The van der Waals surface area contributed by atoms with Crippen molar-refractivity contribution in [2.45, 2.75) is 59.1 Å². The van der Waals surface area contributed by atoms with E-state index < -0.39 is 12.0 Å². The maximum atomic E-state index is 11.1. The molecule has 0 heterocycles. The van der Waals surface area contributed by atoms with Crippen molar-refractivity contribution in [3.8, 4) is 0 Å². The first-order chi connectivity index (χ1) is 9.31. The molecular formula is C15H27NO4. The Morgan fingerprint density at radius 2 is 2.00 bits per heavy atom. The summed E-state index contributed by atoms with van der Waals surface area (Å²) in [6.07, 6.45) is 3.39. The van der Waals surface area contributed by atoms with Crippen LogP contribution in [0.2, 0.25) is 0 Å². The van der Waals surface area contributed by atoms with Crippen LogP contribution in [0.25, 0.3) is 0 Å². The molecule has 0 bridgehead atoms. The van der Waals surface area contributed by atoms with Gasteiger partial charge < -0.3 is 15.2 Å². The monoisotopic (exact) mass is 285 g/mol. The highest BCUT2D eigenvalue weighted by molar-refractivity contribution is 5.82. The van der Waals surface area contributed by atoms with Gasteiger partial charge in [0.2, 0.25) is 5.91 Å². The first-order valence-electron chi connectivity index (χ1n) is 7.42. The number of hydrogen-bond donors (Lipinski definition) is 2. The van der Waals surface area contributed by atoms with Gasteiger partial charge in [0, 0.05) is 6.92 Å². The van der Waals surface area contributed by atoms with E-state index in [9.17, 15) is 9.59 Å². The molecule has 1 rings (SSSR count). The molecule has 0 aromatic carbocycles. The fourth-order valence-electron chi connectivity index (χ4n) is 2.95. The third-order valence-corrected chi connectivity index (χ3v) is 4.11. The van der Waals surface area contributed by atoms with Gasteiger partial charge in [-0.2, -0.15) is 0 Å². The molecule has 0 aromatic heterocycles. The zero-order chi connectivity index (χ0) is 15.3. The van der Waals surface area contributed by atoms with Crippen molar-refractivity contribution in [1.29, 1.82) is 0 Å². The highest BCUT2D eigenvalue weighted by Crippen LogP contribution is 2.35. The number of amides is 1. The quantitative estimate of drug-likeness (QED) is 0.783. The number of aliphatic carboxylic acids is 1. The summed E-state index contributed by atoms with van der Waals surface area (Å²) >= 11 is 0. The van der Waals surface area contributed by atoms with E-state index in [0.29, 0.717) is 17.8 Å². The first-order valence-corrected chi connectivity index (χ1v) is 7.42. The number of carbonyl (C=O) groups is 2. The van der Waals surface area contributed by atoms with E-state index in [1.54, 1.807) is 0 Å². The molecule has 0 aromatic rings.